The van der Waals surface area contributed by atoms with Gasteiger partial charge in [-0.25, -0.2) is 18.5 Å². The summed E-state index contributed by atoms with van der Waals surface area (Å²) in [6.45, 7) is 0.859. The molecule has 2 aromatic carbocycles. The Morgan fingerprint density at radius 1 is 1.18 bits per heavy atom. The van der Waals surface area contributed by atoms with E-state index in [0.29, 0.717) is 11.0 Å². The van der Waals surface area contributed by atoms with Crippen LogP contribution in [-0.4, -0.2) is 78.3 Å². The maximum Gasteiger partial charge on any atom is 0.337 e. The number of carboxylic acid groups (broad SMARTS) is 1. The predicted octanol–water partition coefficient (Wildman–Crippen LogP) is 1.15. The summed E-state index contributed by atoms with van der Waals surface area (Å²) in [5, 5.41) is 21.3. The van der Waals surface area contributed by atoms with Gasteiger partial charge in [-0.2, -0.15) is 0 Å². The van der Waals surface area contributed by atoms with E-state index in [1.807, 2.05) is 0 Å². The molecule has 1 aromatic heterocycles. The van der Waals surface area contributed by atoms with Gasteiger partial charge in [-0.15, -0.1) is 11.8 Å². The van der Waals surface area contributed by atoms with Crippen molar-refractivity contribution in [2.45, 2.75) is 18.3 Å². The number of aryl methyl sites for hydroxylation is 1. The van der Waals surface area contributed by atoms with Gasteiger partial charge in [0.25, 0.3) is 0 Å². The molecular formula is C25H24FN5O7S. The molecule has 0 aliphatic carbocycles. The number of aliphatic carboxylic acids is 1. The van der Waals surface area contributed by atoms with Crippen molar-refractivity contribution in [2.24, 2.45) is 12.5 Å². The molecule has 0 radical (unpaired) electrons. The number of halogens is 1. The number of rotatable bonds is 5. The fourth-order valence-corrected chi connectivity index (χ4v) is 6.36. The van der Waals surface area contributed by atoms with Crippen LogP contribution >= 0.6 is 11.8 Å². The highest BCUT2D eigenvalue weighted by Gasteiger charge is 2.58. The molecule has 2 aliphatic rings. The first-order chi connectivity index (χ1) is 18.4. The number of phenols is 1. The third-order valence-corrected chi connectivity index (χ3v) is 8.69. The Bertz CT molecular complexity index is 1600. The second-order valence-electron chi connectivity index (χ2n) is 9.70. The Morgan fingerprint density at radius 3 is 2.54 bits per heavy atom. The van der Waals surface area contributed by atoms with Gasteiger partial charge in [-0.1, -0.05) is 12.1 Å². The summed E-state index contributed by atoms with van der Waals surface area (Å²) in [7, 11) is 1.51. The molecule has 2 unspecified atom stereocenters. The van der Waals surface area contributed by atoms with Gasteiger partial charge in [0.2, 0.25) is 11.8 Å². The van der Waals surface area contributed by atoms with Crippen molar-refractivity contribution in [3.05, 3.63) is 58.8 Å². The summed E-state index contributed by atoms with van der Waals surface area (Å²) >= 11 is 1.19. The third kappa shape index (κ3) is 4.20. The Kier molecular flexibility index (Phi) is 6.37. The van der Waals surface area contributed by atoms with Crippen LogP contribution in [0.4, 0.5) is 14.9 Å². The van der Waals surface area contributed by atoms with Crippen molar-refractivity contribution in [2.75, 3.05) is 23.7 Å². The van der Waals surface area contributed by atoms with E-state index in [1.165, 1.54) is 41.3 Å². The SMILES string of the molecule is Cn1c(=O)n(C(=O)NCC(=O)N(c2ccc(F)c(O)c2)C2C(=O)N3CC(C)(C(=O)O)CS[C@H]23)c2ccccc21. The highest BCUT2D eigenvalue weighted by Crippen LogP contribution is 2.45. The number of benzene rings is 2. The number of β-lactam (4-membered cyclic amide) rings is 1. The van der Waals surface area contributed by atoms with E-state index >= 15 is 0 Å². The zero-order valence-electron chi connectivity index (χ0n) is 20.8. The van der Waals surface area contributed by atoms with Gasteiger partial charge < -0.3 is 20.4 Å². The van der Waals surface area contributed by atoms with Crippen LogP contribution in [0.5, 0.6) is 5.75 Å². The fraction of sp³-hybridized carbons (Fsp3) is 0.320. The lowest BCUT2D eigenvalue weighted by Gasteiger charge is -2.55. The highest BCUT2D eigenvalue weighted by molar-refractivity contribution is 8.00. The van der Waals surface area contributed by atoms with E-state index in [-0.39, 0.29) is 18.0 Å². The average Bonchev–Trinajstić information content (AvgIpc) is 3.17. The van der Waals surface area contributed by atoms with E-state index in [0.717, 1.165) is 21.6 Å². The van der Waals surface area contributed by atoms with Gasteiger partial charge >= 0.3 is 17.7 Å². The summed E-state index contributed by atoms with van der Waals surface area (Å²) in [5.41, 5.74) is -0.924. The molecule has 2 aliphatic heterocycles. The number of amides is 3. The monoisotopic (exact) mass is 557 g/mol. The number of carboxylic acids is 1. The number of imidazole rings is 1. The molecule has 3 atom stereocenters. The number of phenolic OH excluding ortho intramolecular Hbond substituents is 1. The first-order valence-corrected chi connectivity index (χ1v) is 12.9. The number of aromatic hydroxyl groups is 1. The third-order valence-electron chi connectivity index (χ3n) is 7.03. The minimum absolute atomic E-state index is 0.0145. The molecule has 3 aromatic rings. The number of carbonyl (C=O) groups excluding carboxylic acids is 3. The molecule has 2 fully saturated rings. The summed E-state index contributed by atoms with van der Waals surface area (Å²) in [6.07, 6.45) is 0. The highest BCUT2D eigenvalue weighted by atomic mass is 32.2. The zero-order valence-corrected chi connectivity index (χ0v) is 21.6. The molecule has 5 rings (SSSR count). The smallest absolute Gasteiger partial charge is 0.337 e. The fourth-order valence-electron chi connectivity index (χ4n) is 4.83. The topological polar surface area (TPSA) is 154 Å². The number of anilines is 1. The van der Waals surface area contributed by atoms with Crippen LogP contribution in [0, 0.1) is 11.2 Å². The molecule has 2 saturated heterocycles. The number of hydrogen-bond donors (Lipinski definition) is 3. The predicted molar refractivity (Wildman–Crippen MR) is 139 cm³/mol. The number of carbonyl (C=O) groups is 4. The molecule has 204 valence electrons. The van der Waals surface area contributed by atoms with Crippen molar-refractivity contribution in [1.82, 2.24) is 19.4 Å². The summed E-state index contributed by atoms with van der Waals surface area (Å²) in [6, 6.07) is 7.83. The number of fused-ring (bicyclic) bond motifs is 2. The molecule has 3 amide bonds. The maximum atomic E-state index is 13.8. The Labute approximate surface area is 224 Å². The van der Waals surface area contributed by atoms with E-state index in [2.05, 4.69) is 5.32 Å². The summed E-state index contributed by atoms with van der Waals surface area (Å²) < 4.78 is 16.0. The number of thioether (sulfide) groups is 1. The van der Waals surface area contributed by atoms with E-state index < -0.39 is 64.4 Å². The number of nitrogens with one attached hydrogen (secondary N) is 1. The first kappa shape index (κ1) is 26.3. The second kappa shape index (κ2) is 9.45. The van der Waals surface area contributed by atoms with E-state index in [1.54, 1.807) is 24.3 Å². The average molecular weight is 558 g/mol. The van der Waals surface area contributed by atoms with Crippen LogP contribution in [0.25, 0.3) is 11.0 Å². The van der Waals surface area contributed by atoms with Crippen LogP contribution in [0.15, 0.2) is 47.3 Å². The van der Waals surface area contributed by atoms with Crippen molar-refractivity contribution in [3.63, 3.8) is 0 Å². The standard InChI is InChI=1S/C25H24FN5O7S/c1-25(22(35)36)11-29-20(34)19(21(29)39-12-25)30(13-7-8-14(26)17(32)9-13)18(33)10-27-23(37)31-16-6-4-3-5-15(16)28(2)24(31)38/h3-9,19,21,32H,10-12H2,1-2H3,(H,27,37)(H,35,36)/t19?,21-,25?/m1/s1. The van der Waals surface area contributed by atoms with Crippen LogP contribution < -0.4 is 15.9 Å². The van der Waals surface area contributed by atoms with Crippen LogP contribution in [-0.2, 0) is 21.4 Å². The maximum absolute atomic E-state index is 13.8. The Hall–Kier alpha value is -4.33. The lowest BCUT2D eigenvalue weighted by Crippen LogP contribution is -2.74. The lowest BCUT2D eigenvalue weighted by molar-refractivity contribution is -0.156. The number of para-hydroxylation sites is 2. The van der Waals surface area contributed by atoms with Crippen LogP contribution in [0.1, 0.15) is 6.92 Å². The van der Waals surface area contributed by atoms with Gasteiger partial charge in [-0.05, 0) is 31.2 Å². The van der Waals surface area contributed by atoms with E-state index in [4.69, 9.17) is 0 Å². The first-order valence-electron chi connectivity index (χ1n) is 11.9. The molecule has 3 heterocycles. The van der Waals surface area contributed by atoms with Gasteiger partial charge in [0.1, 0.15) is 11.4 Å². The van der Waals surface area contributed by atoms with Crippen molar-refractivity contribution < 1.29 is 33.8 Å². The normalized spacial score (nSPS) is 22.2. The molecule has 0 saturated carbocycles. The Balaban J connectivity index is 1.41. The van der Waals surface area contributed by atoms with Gasteiger partial charge in [0, 0.05) is 31.1 Å². The molecule has 12 nitrogen and oxygen atoms in total. The number of nitrogens with zero attached hydrogens (tertiary/aromatic N) is 4. The van der Waals surface area contributed by atoms with Crippen molar-refractivity contribution >= 4 is 52.3 Å². The number of aromatic nitrogens is 2. The van der Waals surface area contributed by atoms with Crippen molar-refractivity contribution in [1.29, 1.82) is 0 Å². The van der Waals surface area contributed by atoms with Gasteiger partial charge in [0.05, 0.1) is 23.0 Å². The molecule has 0 bridgehead atoms. The quantitative estimate of drug-likeness (QED) is 0.395. The summed E-state index contributed by atoms with van der Waals surface area (Å²) in [5.74, 6) is -3.81. The van der Waals surface area contributed by atoms with E-state index in [9.17, 15) is 38.6 Å². The minimum Gasteiger partial charge on any atom is -0.505 e. The van der Waals surface area contributed by atoms with Crippen molar-refractivity contribution in [3.8, 4) is 5.75 Å². The largest absolute Gasteiger partial charge is 0.505 e. The lowest BCUT2D eigenvalue weighted by atomic mass is 9.89. The molecule has 3 N–H and O–H groups in total. The number of hydrogen-bond acceptors (Lipinski definition) is 7. The van der Waals surface area contributed by atoms with Gasteiger partial charge in [0.15, 0.2) is 11.6 Å². The second-order valence-corrected chi connectivity index (χ2v) is 10.8. The summed E-state index contributed by atoms with van der Waals surface area (Å²) in [4.78, 5) is 66.5. The molecule has 39 heavy (non-hydrogen) atoms. The van der Waals surface area contributed by atoms with Gasteiger partial charge in [-0.3, -0.25) is 23.9 Å². The minimum atomic E-state index is -1.16. The molecular weight excluding hydrogens is 533 g/mol. The molecule has 14 heteroatoms. The van der Waals surface area contributed by atoms with Crippen LogP contribution in [0.3, 0.4) is 0 Å². The molecule has 0 spiro atoms. The Morgan fingerprint density at radius 2 is 1.87 bits per heavy atom. The van der Waals surface area contributed by atoms with Crippen LogP contribution in [0.2, 0.25) is 0 Å². The zero-order chi connectivity index (χ0) is 28.2.